The number of hydrogen-bond donors (Lipinski definition) is 0. The SMILES string of the molecule is N#Cc1ccc(C2CC(c3ccccn3)=NN2c2ccccc2)cc1. The van der Waals surface area contributed by atoms with Gasteiger partial charge in [-0.1, -0.05) is 36.4 Å². The maximum atomic E-state index is 9.02. The van der Waals surface area contributed by atoms with Crippen molar-refractivity contribution in [2.24, 2.45) is 5.10 Å². The van der Waals surface area contributed by atoms with Crippen molar-refractivity contribution in [3.05, 3.63) is 95.8 Å². The van der Waals surface area contributed by atoms with Gasteiger partial charge in [0.15, 0.2) is 0 Å². The zero-order valence-electron chi connectivity index (χ0n) is 13.6. The first-order chi connectivity index (χ1) is 12.3. The van der Waals surface area contributed by atoms with Gasteiger partial charge in [-0.15, -0.1) is 0 Å². The summed E-state index contributed by atoms with van der Waals surface area (Å²) in [7, 11) is 0. The van der Waals surface area contributed by atoms with Crippen molar-refractivity contribution in [2.75, 3.05) is 5.01 Å². The number of nitrogens with zero attached hydrogens (tertiary/aromatic N) is 4. The van der Waals surface area contributed by atoms with Crippen molar-refractivity contribution >= 4 is 11.4 Å². The standard InChI is InChI=1S/C21H16N4/c22-15-16-9-11-17(12-10-16)21-14-20(19-8-4-5-13-23-19)24-25(21)18-6-2-1-3-7-18/h1-13,21H,14H2. The fourth-order valence-corrected chi connectivity index (χ4v) is 3.06. The van der Waals surface area contributed by atoms with E-state index in [0.717, 1.165) is 29.1 Å². The fraction of sp³-hybridized carbons (Fsp3) is 0.0952. The van der Waals surface area contributed by atoms with Crippen LogP contribution in [-0.2, 0) is 0 Å². The summed E-state index contributed by atoms with van der Waals surface area (Å²) in [5.74, 6) is 0. The highest BCUT2D eigenvalue weighted by molar-refractivity contribution is 6.01. The van der Waals surface area contributed by atoms with Gasteiger partial charge >= 0.3 is 0 Å². The lowest BCUT2D eigenvalue weighted by atomic mass is 9.99. The molecule has 120 valence electrons. The molecule has 1 aromatic heterocycles. The topological polar surface area (TPSA) is 52.3 Å². The Bertz CT molecular complexity index is 925. The fourth-order valence-electron chi connectivity index (χ4n) is 3.06. The minimum absolute atomic E-state index is 0.0900. The molecule has 2 aromatic carbocycles. The molecule has 3 aromatic rings. The van der Waals surface area contributed by atoms with Crippen LogP contribution in [0.1, 0.15) is 29.3 Å². The molecule has 1 unspecified atom stereocenters. The Morgan fingerprint density at radius 1 is 0.920 bits per heavy atom. The third-order valence-electron chi connectivity index (χ3n) is 4.32. The molecule has 4 rings (SSSR count). The number of anilines is 1. The number of para-hydroxylation sites is 1. The Kier molecular flexibility index (Phi) is 3.97. The minimum Gasteiger partial charge on any atom is -0.257 e. The minimum atomic E-state index is 0.0900. The van der Waals surface area contributed by atoms with E-state index in [4.69, 9.17) is 10.4 Å². The summed E-state index contributed by atoms with van der Waals surface area (Å²) < 4.78 is 0. The number of pyridine rings is 1. The Labute approximate surface area is 146 Å². The molecule has 0 radical (unpaired) electrons. The molecule has 4 nitrogen and oxygen atoms in total. The summed E-state index contributed by atoms with van der Waals surface area (Å²) >= 11 is 0. The molecule has 0 aliphatic carbocycles. The van der Waals surface area contributed by atoms with Gasteiger partial charge in [-0.3, -0.25) is 9.99 Å². The van der Waals surface area contributed by atoms with Crippen molar-refractivity contribution in [1.29, 1.82) is 5.26 Å². The highest BCUT2D eigenvalue weighted by Gasteiger charge is 2.30. The van der Waals surface area contributed by atoms with Crippen LogP contribution >= 0.6 is 0 Å². The van der Waals surface area contributed by atoms with Crippen molar-refractivity contribution < 1.29 is 0 Å². The molecule has 1 atom stereocenters. The van der Waals surface area contributed by atoms with E-state index < -0.39 is 0 Å². The van der Waals surface area contributed by atoms with Gasteiger partial charge in [0, 0.05) is 12.6 Å². The molecule has 0 fully saturated rings. The monoisotopic (exact) mass is 324 g/mol. The second-order valence-corrected chi connectivity index (χ2v) is 5.90. The maximum absolute atomic E-state index is 9.02. The molecule has 25 heavy (non-hydrogen) atoms. The van der Waals surface area contributed by atoms with Crippen LogP contribution in [0.15, 0.2) is 84.1 Å². The van der Waals surface area contributed by atoms with E-state index in [9.17, 15) is 0 Å². The first-order valence-electron chi connectivity index (χ1n) is 8.18. The van der Waals surface area contributed by atoms with E-state index in [2.05, 4.69) is 23.2 Å². The molecule has 1 aliphatic heterocycles. The molecular weight excluding hydrogens is 308 g/mol. The summed E-state index contributed by atoms with van der Waals surface area (Å²) in [5, 5.41) is 15.9. The average Bonchev–Trinajstić information content (AvgIpc) is 3.15. The zero-order valence-corrected chi connectivity index (χ0v) is 13.6. The van der Waals surface area contributed by atoms with Gasteiger partial charge in [-0.2, -0.15) is 10.4 Å². The van der Waals surface area contributed by atoms with Crippen LogP contribution in [0.2, 0.25) is 0 Å². The predicted octanol–water partition coefficient (Wildman–Crippen LogP) is 4.31. The molecule has 0 spiro atoms. The molecule has 0 saturated heterocycles. The maximum Gasteiger partial charge on any atom is 0.0991 e. The molecule has 4 heteroatoms. The lowest BCUT2D eigenvalue weighted by Gasteiger charge is -2.24. The van der Waals surface area contributed by atoms with Crippen LogP contribution in [0.3, 0.4) is 0 Å². The normalized spacial score (nSPS) is 16.4. The Hall–Kier alpha value is -3.45. The van der Waals surface area contributed by atoms with Gasteiger partial charge < -0.3 is 0 Å². The second-order valence-electron chi connectivity index (χ2n) is 5.90. The van der Waals surface area contributed by atoms with Crippen LogP contribution in [0.25, 0.3) is 0 Å². The number of rotatable bonds is 3. The number of hydrazone groups is 1. The number of hydrogen-bond acceptors (Lipinski definition) is 4. The van der Waals surface area contributed by atoms with Gasteiger partial charge in [0.2, 0.25) is 0 Å². The van der Waals surface area contributed by atoms with Gasteiger partial charge in [0.05, 0.1) is 34.8 Å². The van der Waals surface area contributed by atoms with Gasteiger partial charge in [0.1, 0.15) is 0 Å². The van der Waals surface area contributed by atoms with E-state index in [0.29, 0.717) is 5.56 Å². The zero-order chi connectivity index (χ0) is 17.1. The summed E-state index contributed by atoms with van der Waals surface area (Å²) in [4.78, 5) is 4.44. The molecule has 1 aliphatic rings. The largest absolute Gasteiger partial charge is 0.257 e. The number of nitriles is 1. The summed E-state index contributed by atoms with van der Waals surface area (Å²) in [6, 6.07) is 26.0. The van der Waals surface area contributed by atoms with Crippen LogP contribution in [0.4, 0.5) is 5.69 Å². The average molecular weight is 324 g/mol. The summed E-state index contributed by atoms with van der Waals surface area (Å²) in [6.45, 7) is 0. The quantitative estimate of drug-likeness (QED) is 0.721. The molecule has 0 saturated carbocycles. The summed E-state index contributed by atoms with van der Waals surface area (Å²) in [5.41, 5.74) is 4.72. The van der Waals surface area contributed by atoms with Crippen LogP contribution < -0.4 is 5.01 Å². The van der Waals surface area contributed by atoms with E-state index in [1.54, 1.807) is 6.20 Å². The van der Waals surface area contributed by atoms with Crippen molar-refractivity contribution in [3.63, 3.8) is 0 Å². The van der Waals surface area contributed by atoms with Crippen molar-refractivity contribution in [3.8, 4) is 6.07 Å². The lowest BCUT2D eigenvalue weighted by Crippen LogP contribution is -2.18. The third-order valence-corrected chi connectivity index (χ3v) is 4.32. The van der Waals surface area contributed by atoms with E-state index in [-0.39, 0.29) is 6.04 Å². The molecule has 2 heterocycles. The van der Waals surface area contributed by atoms with E-state index in [1.165, 1.54) is 0 Å². The van der Waals surface area contributed by atoms with Crippen molar-refractivity contribution in [2.45, 2.75) is 12.5 Å². The van der Waals surface area contributed by atoms with Gasteiger partial charge in [-0.25, -0.2) is 0 Å². The number of aromatic nitrogens is 1. The molecular formula is C21H16N4. The van der Waals surface area contributed by atoms with Gasteiger partial charge in [-0.05, 0) is 42.0 Å². The Morgan fingerprint density at radius 3 is 2.36 bits per heavy atom. The highest BCUT2D eigenvalue weighted by atomic mass is 15.5. The predicted molar refractivity (Wildman–Crippen MR) is 98.2 cm³/mol. The van der Waals surface area contributed by atoms with Crippen LogP contribution in [-0.4, -0.2) is 10.7 Å². The highest BCUT2D eigenvalue weighted by Crippen LogP contribution is 2.36. The second kappa shape index (κ2) is 6.58. The van der Waals surface area contributed by atoms with E-state index in [1.807, 2.05) is 65.7 Å². The van der Waals surface area contributed by atoms with Crippen LogP contribution in [0, 0.1) is 11.3 Å². The summed E-state index contributed by atoms with van der Waals surface area (Å²) in [6.07, 6.45) is 2.57. The Balaban J connectivity index is 1.73. The van der Waals surface area contributed by atoms with E-state index >= 15 is 0 Å². The smallest absolute Gasteiger partial charge is 0.0991 e. The van der Waals surface area contributed by atoms with Crippen LogP contribution in [0.5, 0.6) is 0 Å². The molecule has 0 bridgehead atoms. The first-order valence-corrected chi connectivity index (χ1v) is 8.18. The first kappa shape index (κ1) is 15.1. The number of benzene rings is 2. The molecule has 0 amide bonds. The third kappa shape index (κ3) is 3.00. The lowest BCUT2D eigenvalue weighted by molar-refractivity contribution is 0.709. The Morgan fingerprint density at radius 2 is 1.68 bits per heavy atom. The molecule has 0 N–H and O–H groups in total. The van der Waals surface area contributed by atoms with Crippen molar-refractivity contribution in [1.82, 2.24) is 4.98 Å². The van der Waals surface area contributed by atoms with Gasteiger partial charge in [0.25, 0.3) is 0 Å².